The van der Waals surface area contributed by atoms with Crippen LogP contribution in [0, 0.1) is 10.1 Å². The maximum absolute atomic E-state index is 11.9. The Kier molecular flexibility index (Phi) is 3.88. The second kappa shape index (κ2) is 5.59. The Morgan fingerprint density at radius 2 is 2.28 bits per heavy atom. The second-order valence-corrected chi connectivity index (χ2v) is 4.30. The predicted molar refractivity (Wildman–Crippen MR) is 67.4 cm³/mol. The SMILES string of the molecule is O=C(Nc1cccc([N+](=O)[O-])c1)C1CCCCN1. The van der Waals surface area contributed by atoms with E-state index in [-0.39, 0.29) is 17.6 Å². The van der Waals surface area contributed by atoms with Gasteiger partial charge < -0.3 is 10.6 Å². The molecule has 1 saturated heterocycles. The fraction of sp³-hybridized carbons (Fsp3) is 0.417. The Hall–Kier alpha value is -1.95. The topological polar surface area (TPSA) is 84.3 Å². The minimum Gasteiger partial charge on any atom is -0.324 e. The van der Waals surface area contributed by atoms with Gasteiger partial charge in [0.05, 0.1) is 11.0 Å². The summed E-state index contributed by atoms with van der Waals surface area (Å²) < 4.78 is 0. The van der Waals surface area contributed by atoms with Crippen LogP contribution >= 0.6 is 0 Å². The van der Waals surface area contributed by atoms with E-state index in [4.69, 9.17) is 0 Å². The zero-order chi connectivity index (χ0) is 13.0. The van der Waals surface area contributed by atoms with Crippen molar-refractivity contribution in [2.75, 3.05) is 11.9 Å². The van der Waals surface area contributed by atoms with Gasteiger partial charge in [-0.1, -0.05) is 12.5 Å². The minimum atomic E-state index is -0.478. The van der Waals surface area contributed by atoms with Crippen LogP contribution in [0.25, 0.3) is 0 Å². The Morgan fingerprint density at radius 3 is 2.94 bits per heavy atom. The van der Waals surface area contributed by atoms with E-state index in [1.54, 1.807) is 12.1 Å². The molecule has 2 rings (SSSR count). The first-order valence-electron chi connectivity index (χ1n) is 5.95. The monoisotopic (exact) mass is 249 g/mol. The summed E-state index contributed by atoms with van der Waals surface area (Å²) in [6.07, 6.45) is 2.92. The standard InChI is InChI=1S/C12H15N3O3/c16-12(11-6-1-2-7-13-11)14-9-4-3-5-10(8-9)15(17)18/h3-5,8,11,13H,1-2,6-7H2,(H,14,16). The number of piperidine rings is 1. The zero-order valence-corrected chi connectivity index (χ0v) is 9.89. The van der Waals surface area contributed by atoms with Gasteiger partial charge >= 0.3 is 0 Å². The molecule has 1 unspecified atom stereocenters. The summed E-state index contributed by atoms with van der Waals surface area (Å²) in [6.45, 7) is 0.840. The van der Waals surface area contributed by atoms with Crippen molar-refractivity contribution in [1.82, 2.24) is 5.32 Å². The second-order valence-electron chi connectivity index (χ2n) is 4.30. The predicted octanol–water partition coefficient (Wildman–Crippen LogP) is 1.68. The van der Waals surface area contributed by atoms with E-state index < -0.39 is 4.92 Å². The van der Waals surface area contributed by atoms with Crippen LogP contribution in [0.5, 0.6) is 0 Å². The van der Waals surface area contributed by atoms with Crippen molar-refractivity contribution >= 4 is 17.3 Å². The summed E-state index contributed by atoms with van der Waals surface area (Å²) in [7, 11) is 0. The largest absolute Gasteiger partial charge is 0.324 e. The smallest absolute Gasteiger partial charge is 0.271 e. The van der Waals surface area contributed by atoms with E-state index >= 15 is 0 Å². The first-order chi connectivity index (χ1) is 8.66. The minimum absolute atomic E-state index is 0.0237. The number of nitro benzene ring substituents is 1. The van der Waals surface area contributed by atoms with Crippen LogP contribution in [0.4, 0.5) is 11.4 Å². The zero-order valence-electron chi connectivity index (χ0n) is 9.89. The average molecular weight is 249 g/mol. The number of rotatable bonds is 3. The van der Waals surface area contributed by atoms with Crippen molar-refractivity contribution in [3.63, 3.8) is 0 Å². The maximum atomic E-state index is 11.9. The van der Waals surface area contributed by atoms with Crippen molar-refractivity contribution < 1.29 is 9.72 Å². The number of non-ortho nitro benzene ring substituents is 1. The highest BCUT2D eigenvalue weighted by Crippen LogP contribution is 2.18. The maximum Gasteiger partial charge on any atom is 0.271 e. The van der Waals surface area contributed by atoms with Crippen LogP contribution in [-0.2, 0) is 4.79 Å². The van der Waals surface area contributed by atoms with Gasteiger partial charge in [-0.15, -0.1) is 0 Å². The number of nitro groups is 1. The normalized spacial score (nSPS) is 19.2. The molecule has 96 valence electrons. The highest BCUT2D eigenvalue weighted by atomic mass is 16.6. The van der Waals surface area contributed by atoms with Crippen LogP contribution in [0.3, 0.4) is 0 Å². The summed E-state index contributed by atoms with van der Waals surface area (Å²) >= 11 is 0. The van der Waals surface area contributed by atoms with Gasteiger partial charge in [0.25, 0.3) is 5.69 Å². The highest BCUT2D eigenvalue weighted by Gasteiger charge is 2.20. The molecule has 0 bridgehead atoms. The Morgan fingerprint density at radius 1 is 1.44 bits per heavy atom. The molecule has 18 heavy (non-hydrogen) atoms. The van der Waals surface area contributed by atoms with E-state index in [2.05, 4.69) is 10.6 Å². The van der Waals surface area contributed by atoms with E-state index in [1.165, 1.54) is 12.1 Å². The molecule has 6 nitrogen and oxygen atoms in total. The van der Waals surface area contributed by atoms with Crippen LogP contribution in [0.2, 0.25) is 0 Å². The van der Waals surface area contributed by atoms with Crippen molar-refractivity contribution in [1.29, 1.82) is 0 Å². The molecular formula is C12H15N3O3. The quantitative estimate of drug-likeness (QED) is 0.630. The first-order valence-corrected chi connectivity index (χ1v) is 5.95. The molecule has 6 heteroatoms. The lowest BCUT2D eigenvalue weighted by atomic mass is 10.0. The molecule has 1 aliphatic rings. The third-order valence-corrected chi connectivity index (χ3v) is 2.95. The van der Waals surface area contributed by atoms with E-state index in [1.807, 2.05) is 0 Å². The van der Waals surface area contributed by atoms with Crippen molar-refractivity contribution in [3.8, 4) is 0 Å². The van der Waals surface area contributed by atoms with Gasteiger partial charge in [-0.2, -0.15) is 0 Å². The molecule has 1 fully saturated rings. The molecule has 1 aromatic carbocycles. The van der Waals surface area contributed by atoms with Gasteiger partial charge in [-0.25, -0.2) is 0 Å². The van der Waals surface area contributed by atoms with Gasteiger partial charge in [0, 0.05) is 17.8 Å². The lowest BCUT2D eigenvalue weighted by Crippen LogP contribution is -2.43. The molecule has 1 heterocycles. The number of anilines is 1. The average Bonchev–Trinajstić information content (AvgIpc) is 2.40. The molecule has 1 aliphatic heterocycles. The van der Waals surface area contributed by atoms with Crippen molar-refractivity contribution in [2.45, 2.75) is 25.3 Å². The number of carbonyl (C=O) groups excluding carboxylic acids is 1. The Bertz CT molecular complexity index is 456. The van der Waals surface area contributed by atoms with E-state index in [9.17, 15) is 14.9 Å². The number of hydrogen-bond acceptors (Lipinski definition) is 4. The lowest BCUT2D eigenvalue weighted by molar-refractivity contribution is -0.384. The van der Waals surface area contributed by atoms with Crippen molar-refractivity contribution in [3.05, 3.63) is 34.4 Å². The van der Waals surface area contributed by atoms with Crippen LogP contribution < -0.4 is 10.6 Å². The molecule has 0 aliphatic carbocycles. The van der Waals surface area contributed by atoms with E-state index in [0.29, 0.717) is 5.69 Å². The lowest BCUT2D eigenvalue weighted by Gasteiger charge is -2.22. The number of benzene rings is 1. The molecule has 0 saturated carbocycles. The van der Waals surface area contributed by atoms with Crippen LogP contribution in [0.15, 0.2) is 24.3 Å². The van der Waals surface area contributed by atoms with Gasteiger partial charge in [0.15, 0.2) is 0 Å². The molecule has 1 amide bonds. The molecule has 0 radical (unpaired) electrons. The van der Waals surface area contributed by atoms with Gasteiger partial charge in [0.2, 0.25) is 5.91 Å². The third kappa shape index (κ3) is 3.04. The summed E-state index contributed by atoms with van der Waals surface area (Å²) in [5.74, 6) is -0.129. The number of carbonyl (C=O) groups is 1. The van der Waals surface area contributed by atoms with Gasteiger partial charge in [0.1, 0.15) is 0 Å². The first kappa shape index (κ1) is 12.5. The van der Waals surface area contributed by atoms with Gasteiger partial charge in [-0.05, 0) is 25.5 Å². The molecule has 1 atom stereocenters. The van der Waals surface area contributed by atoms with E-state index in [0.717, 1.165) is 25.8 Å². The third-order valence-electron chi connectivity index (χ3n) is 2.95. The number of hydrogen-bond donors (Lipinski definition) is 2. The summed E-state index contributed by atoms with van der Waals surface area (Å²) in [6, 6.07) is 5.77. The molecule has 0 spiro atoms. The number of nitrogens with zero attached hydrogens (tertiary/aromatic N) is 1. The summed E-state index contributed by atoms with van der Waals surface area (Å²) in [4.78, 5) is 22.0. The summed E-state index contributed by atoms with van der Waals surface area (Å²) in [5, 5.41) is 16.5. The summed E-state index contributed by atoms with van der Waals surface area (Å²) in [5.41, 5.74) is 0.436. The molecule has 0 aromatic heterocycles. The fourth-order valence-corrected chi connectivity index (χ4v) is 2.00. The Labute approximate surface area is 105 Å². The Balaban J connectivity index is 2.02. The van der Waals surface area contributed by atoms with Crippen LogP contribution in [0.1, 0.15) is 19.3 Å². The molecular weight excluding hydrogens is 234 g/mol. The van der Waals surface area contributed by atoms with Crippen LogP contribution in [-0.4, -0.2) is 23.4 Å². The molecule has 2 N–H and O–H groups in total. The number of nitrogens with one attached hydrogen (secondary N) is 2. The molecule has 1 aromatic rings. The highest BCUT2D eigenvalue weighted by molar-refractivity contribution is 5.95. The number of amides is 1. The fourth-order valence-electron chi connectivity index (χ4n) is 2.00. The van der Waals surface area contributed by atoms with Gasteiger partial charge in [-0.3, -0.25) is 14.9 Å². The van der Waals surface area contributed by atoms with Crippen molar-refractivity contribution in [2.24, 2.45) is 0 Å².